The molecular weight excluding hydrogens is 470 g/mol. The highest BCUT2D eigenvalue weighted by Crippen LogP contribution is 2.38. The van der Waals surface area contributed by atoms with E-state index in [2.05, 4.69) is 16.5 Å². The van der Waals surface area contributed by atoms with Gasteiger partial charge in [0.2, 0.25) is 0 Å². The largest absolute Gasteiger partial charge is 0.608 e. The summed E-state index contributed by atoms with van der Waals surface area (Å²) in [7, 11) is -4.64. The van der Waals surface area contributed by atoms with Crippen LogP contribution in [0.4, 0.5) is 16.2 Å². The summed E-state index contributed by atoms with van der Waals surface area (Å²) in [6, 6.07) is 0.649. The predicted octanol–water partition coefficient (Wildman–Crippen LogP) is 2.29. The van der Waals surface area contributed by atoms with E-state index in [1.807, 2.05) is 13.8 Å². The summed E-state index contributed by atoms with van der Waals surface area (Å²) in [4.78, 5) is 13.2. The van der Waals surface area contributed by atoms with Crippen molar-refractivity contribution in [2.75, 3.05) is 22.8 Å². The van der Waals surface area contributed by atoms with Gasteiger partial charge in [0.1, 0.15) is 0 Å². The number of aryl methyl sites for hydroxylation is 2. The molecule has 3 aliphatic rings. The third kappa shape index (κ3) is 4.46. The molecule has 190 valence electrons. The van der Waals surface area contributed by atoms with E-state index in [1.165, 1.54) is 17.3 Å². The number of carbonyl (C=O) groups excluding carboxylic acids is 1. The first-order chi connectivity index (χ1) is 16.8. The quantitative estimate of drug-likeness (QED) is 0.584. The molecule has 0 spiro atoms. The van der Waals surface area contributed by atoms with Crippen LogP contribution in [-0.4, -0.2) is 43.5 Å². The van der Waals surface area contributed by atoms with E-state index >= 15 is 0 Å². The van der Waals surface area contributed by atoms with Crippen molar-refractivity contribution < 1.29 is 22.4 Å². The molecule has 2 aliphatic carbocycles. The second kappa shape index (κ2) is 9.53. The second-order valence-electron chi connectivity index (χ2n) is 9.89. The molecule has 1 aromatic carbocycles. The Morgan fingerprint density at radius 3 is 2.37 bits per heavy atom. The maximum atomic E-state index is 13.6. The molecule has 5 rings (SSSR count). The van der Waals surface area contributed by atoms with E-state index in [9.17, 15) is 18.4 Å². The number of urea groups is 1. The molecule has 1 aromatic heterocycles. The first-order valence-corrected chi connectivity index (χ1v) is 13.9. The number of fused-ring (bicyclic) bond motifs is 2. The Bertz CT molecular complexity index is 1190. The molecule has 0 saturated carbocycles. The zero-order valence-electron chi connectivity index (χ0n) is 20.2. The second-order valence-corrected chi connectivity index (χ2v) is 11.6. The van der Waals surface area contributed by atoms with E-state index in [1.54, 1.807) is 10.9 Å². The standard InChI is InChI=1S/C24H33N5O5S/c1-16(2)27-15-20(14-25-27)28(19-9-11-34-12-10-19)35(32,33)29(31)24(30)26-23-21-7-3-5-17(21)13-18-6-4-8-22(18)23/h13-16,19,29H,3-12H2,1-2H3,(H,26,30). The molecule has 2 N–H and O–H groups in total. The number of quaternary nitrogens is 1. The summed E-state index contributed by atoms with van der Waals surface area (Å²) in [5.74, 6) is 0. The molecule has 0 bridgehead atoms. The Labute approximate surface area is 206 Å². The molecule has 1 atom stereocenters. The van der Waals surface area contributed by atoms with Gasteiger partial charge in [-0.1, -0.05) is 6.07 Å². The molecular formula is C24H33N5O5S. The van der Waals surface area contributed by atoms with Crippen LogP contribution in [0.2, 0.25) is 0 Å². The minimum atomic E-state index is -4.64. The normalized spacial score (nSPS) is 19.0. The highest BCUT2D eigenvalue weighted by molar-refractivity contribution is 7.86. The minimum Gasteiger partial charge on any atom is -0.608 e. The summed E-state index contributed by atoms with van der Waals surface area (Å²) in [5, 5.41) is 20.3. The smallest absolute Gasteiger partial charge is 0.436 e. The Balaban J connectivity index is 1.46. The van der Waals surface area contributed by atoms with Crippen molar-refractivity contribution in [2.45, 2.75) is 77.3 Å². The number of hydrogen-bond donors (Lipinski definition) is 2. The Morgan fingerprint density at radius 2 is 1.80 bits per heavy atom. The number of carbonyl (C=O) groups is 1. The highest BCUT2D eigenvalue weighted by atomic mass is 32.2. The number of nitrogens with one attached hydrogen (secondary N) is 2. The number of anilines is 2. The van der Waals surface area contributed by atoms with Crippen LogP contribution >= 0.6 is 0 Å². The molecule has 2 aromatic rings. The zero-order valence-corrected chi connectivity index (χ0v) is 21.1. The molecule has 1 fully saturated rings. The van der Waals surface area contributed by atoms with Crippen molar-refractivity contribution in [2.24, 2.45) is 0 Å². The predicted molar refractivity (Wildman–Crippen MR) is 132 cm³/mol. The number of ether oxygens (including phenoxy) is 1. The van der Waals surface area contributed by atoms with Gasteiger partial charge in [-0.15, -0.1) is 0 Å². The van der Waals surface area contributed by atoms with Gasteiger partial charge >= 0.3 is 16.2 Å². The van der Waals surface area contributed by atoms with Gasteiger partial charge in [-0.2, -0.15) is 18.0 Å². The molecule has 1 unspecified atom stereocenters. The van der Waals surface area contributed by atoms with Gasteiger partial charge < -0.3 is 9.94 Å². The number of rotatable bonds is 6. The van der Waals surface area contributed by atoms with Crippen molar-refractivity contribution >= 4 is 27.6 Å². The van der Waals surface area contributed by atoms with Gasteiger partial charge in [-0.25, -0.2) is 9.10 Å². The van der Waals surface area contributed by atoms with Gasteiger partial charge in [-0.3, -0.25) is 10.00 Å². The lowest BCUT2D eigenvalue weighted by Gasteiger charge is -2.35. The van der Waals surface area contributed by atoms with Gasteiger partial charge in [0.05, 0.1) is 23.6 Å². The average Bonchev–Trinajstić information content (AvgIpc) is 3.59. The number of hydrogen-bond acceptors (Lipinski definition) is 6. The number of nitrogens with zero attached hydrogens (tertiary/aromatic N) is 3. The Hall–Kier alpha value is -2.47. The molecule has 0 radical (unpaired) electrons. The number of amides is 2. The third-order valence-corrected chi connectivity index (χ3v) is 8.96. The van der Waals surface area contributed by atoms with Crippen molar-refractivity contribution in [3.63, 3.8) is 0 Å². The maximum absolute atomic E-state index is 13.6. The van der Waals surface area contributed by atoms with Gasteiger partial charge in [-0.05, 0) is 87.5 Å². The SMILES string of the molecule is CC(C)n1cc(N(C2CCOCC2)S(=O)(=O)[NH+]([O-])C(=O)Nc2c3c(cc4c2CCC4)CCC3)cn1. The number of hydroxylamine groups is 1. The fourth-order valence-corrected chi connectivity index (χ4v) is 6.97. The molecule has 11 heteroatoms. The van der Waals surface area contributed by atoms with E-state index in [0.29, 0.717) is 31.7 Å². The van der Waals surface area contributed by atoms with E-state index in [4.69, 9.17) is 4.74 Å². The summed E-state index contributed by atoms with van der Waals surface area (Å²) in [5.41, 5.74) is 5.43. The summed E-state index contributed by atoms with van der Waals surface area (Å²) in [6.45, 7) is 4.63. The zero-order chi connectivity index (χ0) is 24.7. The van der Waals surface area contributed by atoms with Crippen molar-refractivity contribution in [1.29, 1.82) is 0 Å². The Morgan fingerprint density at radius 1 is 1.17 bits per heavy atom. The van der Waals surface area contributed by atoms with Gasteiger partial charge in [0.15, 0.2) is 0 Å². The van der Waals surface area contributed by atoms with Crippen molar-refractivity contribution in [3.8, 4) is 0 Å². The monoisotopic (exact) mass is 503 g/mol. The van der Waals surface area contributed by atoms with Crippen molar-refractivity contribution in [3.05, 3.63) is 45.9 Å². The Kier molecular flexibility index (Phi) is 6.60. The maximum Gasteiger partial charge on any atom is 0.436 e. The van der Waals surface area contributed by atoms with Crippen LogP contribution in [0.3, 0.4) is 0 Å². The van der Waals surface area contributed by atoms with Gasteiger partial charge in [0, 0.05) is 25.5 Å². The lowest BCUT2D eigenvalue weighted by molar-refractivity contribution is -0.604. The van der Waals surface area contributed by atoms with Crippen LogP contribution in [0.25, 0.3) is 0 Å². The minimum absolute atomic E-state index is 0.0178. The third-order valence-electron chi connectivity index (χ3n) is 7.28. The van der Waals surface area contributed by atoms with Gasteiger partial charge in [0.25, 0.3) is 0 Å². The number of aromatic nitrogens is 2. The molecule has 1 saturated heterocycles. The molecule has 35 heavy (non-hydrogen) atoms. The molecule has 10 nitrogen and oxygen atoms in total. The van der Waals surface area contributed by atoms with Crippen LogP contribution in [0.1, 0.15) is 67.8 Å². The van der Waals surface area contributed by atoms with Crippen molar-refractivity contribution in [1.82, 2.24) is 9.78 Å². The molecule has 2 heterocycles. The van der Waals surface area contributed by atoms with E-state index < -0.39 is 26.8 Å². The average molecular weight is 504 g/mol. The fourth-order valence-electron chi connectivity index (χ4n) is 5.53. The summed E-state index contributed by atoms with van der Waals surface area (Å²) in [6.07, 6.45) is 9.42. The van der Waals surface area contributed by atoms with Crippen LogP contribution in [-0.2, 0) is 40.6 Å². The van der Waals surface area contributed by atoms with E-state index in [0.717, 1.165) is 54.0 Å². The van der Waals surface area contributed by atoms with Crippen LogP contribution in [0.15, 0.2) is 18.5 Å². The van der Waals surface area contributed by atoms with E-state index in [-0.39, 0.29) is 11.7 Å². The number of benzene rings is 1. The first-order valence-electron chi connectivity index (χ1n) is 12.5. The first kappa shape index (κ1) is 24.2. The topological polar surface area (TPSA) is 121 Å². The molecule has 1 aliphatic heterocycles. The fraction of sp³-hybridized carbons (Fsp3) is 0.583. The van der Waals surface area contributed by atoms with Crippen LogP contribution in [0.5, 0.6) is 0 Å². The highest BCUT2D eigenvalue weighted by Gasteiger charge is 2.40. The van der Waals surface area contributed by atoms with Crippen LogP contribution in [0, 0.1) is 5.21 Å². The summed E-state index contributed by atoms with van der Waals surface area (Å²) >= 11 is 0. The summed E-state index contributed by atoms with van der Waals surface area (Å²) < 4.78 is 34.0. The van der Waals surface area contributed by atoms with Crippen LogP contribution < -0.4 is 14.1 Å². The lowest BCUT2D eigenvalue weighted by Crippen LogP contribution is -3.14. The lowest BCUT2D eigenvalue weighted by atomic mass is 9.99. The molecule has 2 amide bonds.